The number of likely N-dealkylation sites (N-methyl/N-ethyl adjacent to an activating group) is 1. The van der Waals surface area contributed by atoms with Crippen molar-refractivity contribution < 1.29 is 0 Å². The Balaban J connectivity index is 1.94. The molecular weight excluding hydrogens is 312 g/mol. The van der Waals surface area contributed by atoms with Gasteiger partial charge in [0.2, 0.25) is 0 Å². The molecule has 2 heterocycles. The summed E-state index contributed by atoms with van der Waals surface area (Å²) in [5, 5.41) is 6.77. The minimum absolute atomic E-state index is 0.385. The number of nitrogens with zero attached hydrogens (tertiary/aromatic N) is 4. The molecule has 1 atom stereocenters. The van der Waals surface area contributed by atoms with E-state index in [0.717, 1.165) is 50.1 Å². The smallest absolute Gasteiger partial charge is 0.191 e. The molecule has 1 unspecified atom stereocenters. The van der Waals surface area contributed by atoms with Gasteiger partial charge in [0.05, 0.1) is 6.54 Å². The summed E-state index contributed by atoms with van der Waals surface area (Å²) < 4.78 is 0. The van der Waals surface area contributed by atoms with Crippen LogP contribution in [0.3, 0.4) is 0 Å². The van der Waals surface area contributed by atoms with E-state index in [1.165, 1.54) is 0 Å². The van der Waals surface area contributed by atoms with E-state index in [2.05, 4.69) is 72.3 Å². The molecule has 0 bridgehead atoms. The first-order chi connectivity index (χ1) is 12.0. The predicted molar refractivity (Wildman–Crippen MR) is 106 cm³/mol. The van der Waals surface area contributed by atoms with Gasteiger partial charge >= 0.3 is 0 Å². The van der Waals surface area contributed by atoms with Crippen LogP contribution in [-0.2, 0) is 6.54 Å². The topological polar surface area (TPSA) is 55.8 Å². The lowest BCUT2D eigenvalue weighted by atomic mass is 10.1. The summed E-state index contributed by atoms with van der Waals surface area (Å²) in [7, 11) is 2.17. The average Bonchev–Trinajstić information content (AvgIpc) is 2.61. The molecule has 2 rings (SSSR count). The van der Waals surface area contributed by atoms with Crippen molar-refractivity contribution in [1.82, 2.24) is 20.5 Å². The lowest BCUT2D eigenvalue weighted by Crippen LogP contribution is -2.44. The normalized spacial score (nSPS) is 17.7. The first-order valence-corrected chi connectivity index (χ1v) is 9.43. The number of guanidine groups is 1. The van der Waals surface area contributed by atoms with Crippen LogP contribution in [0.15, 0.2) is 23.3 Å². The van der Waals surface area contributed by atoms with Crippen molar-refractivity contribution >= 4 is 11.8 Å². The fourth-order valence-corrected chi connectivity index (χ4v) is 2.61. The highest BCUT2D eigenvalue weighted by molar-refractivity contribution is 5.80. The summed E-state index contributed by atoms with van der Waals surface area (Å²) in [6.07, 6.45) is 1.95. The number of aliphatic imine (C=N–C) groups is 1. The highest BCUT2D eigenvalue weighted by Gasteiger charge is 2.15. The minimum Gasteiger partial charge on any atom is -0.357 e. The second kappa shape index (κ2) is 9.61. The third-order valence-corrected chi connectivity index (χ3v) is 4.76. The fraction of sp³-hybridized carbons (Fsp3) is 0.684. The second-order valence-corrected chi connectivity index (χ2v) is 7.19. The van der Waals surface area contributed by atoms with Gasteiger partial charge in [0, 0.05) is 45.0 Å². The Morgan fingerprint density at radius 2 is 1.92 bits per heavy atom. The van der Waals surface area contributed by atoms with Crippen LogP contribution in [0.2, 0.25) is 0 Å². The molecule has 6 nitrogen and oxygen atoms in total. The first-order valence-electron chi connectivity index (χ1n) is 9.43. The molecule has 0 aliphatic carbocycles. The van der Waals surface area contributed by atoms with Crippen LogP contribution < -0.4 is 15.5 Å². The molecule has 0 spiro atoms. The number of nitrogens with one attached hydrogen (secondary N) is 2. The van der Waals surface area contributed by atoms with Gasteiger partial charge in [0.1, 0.15) is 5.82 Å². The maximum atomic E-state index is 4.69. The maximum absolute atomic E-state index is 4.69. The zero-order chi connectivity index (χ0) is 18.2. The fourth-order valence-electron chi connectivity index (χ4n) is 2.61. The number of piperazine rings is 1. The Morgan fingerprint density at radius 1 is 1.20 bits per heavy atom. The molecule has 2 N–H and O–H groups in total. The highest BCUT2D eigenvalue weighted by Crippen LogP contribution is 2.14. The Kier molecular flexibility index (Phi) is 7.50. The number of hydrogen-bond donors (Lipinski definition) is 2. The van der Waals surface area contributed by atoms with Gasteiger partial charge in [-0.05, 0) is 38.4 Å². The van der Waals surface area contributed by atoms with E-state index >= 15 is 0 Å². The molecule has 0 radical (unpaired) electrons. The summed E-state index contributed by atoms with van der Waals surface area (Å²) in [4.78, 5) is 14.0. The van der Waals surface area contributed by atoms with Crippen LogP contribution in [0, 0.1) is 5.92 Å². The van der Waals surface area contributed by atoms with Gasteiger partial charge in [-0.1, -0.05) is 19.9 Å². The van der Waals surface area contributed by atoms with Crippen LogP contribution in [0.25, 0.3) is 0 Å². The Labute approximate surface area is 152 Å². The maximum Gasteiger partial charge on any atom is 0.191 e. The number of rotatable bonds is 6. The average molecular weight is 347 g/mol. The van der Waals surface area contributed by atoms with E-state index in [0.29, 0.717) is 18.5 Å². The van der Waals surface area contributed by atoms with Gasteiger partial charge < -0.3 is 20.4 Å². The third-order valence-electron chi connectivity index (χ3n) is 4.76. The molecule has 140 valence electrons. The molecular formula is C19H34N6. The van der Waals surface area contributed by atoms with E-state index in [-0.39, 0.29) is 0 Å². The molecule has 1 aromatic rings. The monoisotopic (exact) mass is 346 g/mol. The van der Waals surface area contributed by atoms with Crippen LogP contribution in [0.5, 0.6) is 0 Å². The van der Waals surface area contributed by atoms with Crippen molar-refractivity contribution in [3.8, 4) is 0 Å². The van der Waals surface area contributed by atoms with E-state index in [1.807, 2.05) is 6.20 Å². The van der Waals surface area contributed by atoms with Gasteiger partial charge in [-0.2, -0.15) is 0 Å². The summed E-state index contributed by atoms with van der Waals surface area (Å²) in [6, 6.07) is 4.64. The largest absolute Gasteiger partial charge is 0.357 e. The molecule has 25 heavy (non-hydrogen) atoms. The van der Waals surface area contributed by atoms with Crippen LogP contribution >= 0.6 is 0 Å². The first kappa shape index (κ1) is 19.5. The molecule has 0 amide bonds. The zero-order valence-corrected chi connectivity index (χ0v) is 16.4. The summed E-state index contributed by atoms with van der Waals surface area (Å²) in [5.74, 6) is 2.50. The minimum atomic E-state index is 0.385. The van der Waals surface area contributed by atoms with Crippen molar-refractivity contribution in [1.29, 1.82) is 0 Å². The molecule has 0 saturated carbocycles. The molecule has 1 aliphatic rings. The SMILES string of the molecule is CCNC(=NCc1ccc(N2CCN(C)CC2)nc1)NC(C)C(C)C. The van der Waals surface area contributed by atoms with E-state index < -0.39 is 0 Å². The Bertz CT molecular complexity index is 531. The van der Waals surface area contributed by atoms with Crippen molar-refractivity contribution in [3.05, 3.63) is 23.9 Å². The van der Waals surface area contributed by atoms with Gasteiger partial charge in [0.15, 0.2) is 5.96 Å². The molecule has 1 saturated heterocycles. The number of aromatic nitrogens is 1. The summed E-state index contributed by atoms with van der Waals surface area (Å²) in [6.45, 7) is 14.5. The molecule has 6 heteroatoms. The summed E-state index contributed by atoms with van der Waals surface area (Å²) in [5.41, 5.74) is 1.13. The van der Waals surface area contributed by atoms with Crippen molar-refractivity contribution in [2.75, 3.05) is 44.7 Å². The van der Waals surface area contributed by atoms with Crippen LogP contribution in [-0.4, -0.2) is 61.7 Å². The highest BCUT2D eigenvalue weighted by atomic mass is 15.3. The number of anilines is 1. The van der Waals surface area contributed by atoms with E-state index in [1.54, 1.807) is 0 Å². The van der Waals surface area contributed by atoms with Crippen LogP contribution in [0.1, 0.15) is 33.3 Å². The summed E-state index contributed by atoms with van der Waals surface area (Å²) >= 11 is 0. The molecule has 1 aromatic heterocycles. The quantitative estimate of drug-likeness (QED) is 0.609. The van der Waals surface area contributed by atoms with Crippen molar-refractivity contribution in [2.24, 2.45) is 10.9 Å². The Hall–Kier alpha value is -1.82. The molecule has 0 aromatic carbocycles. The zero-order valence-electron chi connectivity index (χ0n) is 16.4. The Morgan fingerprint density at radius 3 is 2.48 bits per heavy atom. The third kappa shape index (κ3) is 6.20. The number of pyridine rings is 1. The predicted octanol–water partition coefficient (Wildman–Crippen LogP) is 1.93. The number of hydrogen-bond acceptors (Lipinski definition) is 4. The van der Waals surface area contributed by atoms with Crippen molar-refractivity contribution in [3.63, 3.8) is 0 Å². The van der Waals surface area contributed by atoms with Gasteiger partial charge in [0.25, 0.3) is 0 Å². The van der Waals surface area contributed by atoms with Gasteiger partial charge in [-0.15, -0.1) is 0 Å². The second-order valence-electron chi connectivity index (χ2n) is 7.19. The van der Waals surface area contributed by atoms with E-state index in [9.17, 15) is 0 Å². The molecule has 1 fully saturated rings. The van der Waals surface area contributed by atoms with Crippen molar-refractivity contribution in [2.45, 2.75) is 40.3 Å². The van der Waals surface area contributed by atoms with Gasteiger partial charge in [-0.3, -0.25) is 0 Å². The van der Waals surface area contributed by atoms with Crippen LogP contribution in [0.4, 0.5) is 5.82 Å². The lowest BCUT2D eigenvalue weighted by molar-refractivity contribution is 0.312. The molecule has 1 aliphatic heterocycles. The standard InChI is InChI=1S/C19H34N6/c1-6-20-19(23-16(4)15(2)3)22-14-17-7-8-18(21-13-17)25-11-9-24(5)10-12-25/h7-8,13,15-16H,6,9-12,14H2,1-5H3,(H2,20,22,23). The van der Waals surface area contributed by atoms with Gasteiger partial charge in [-0.25, -0.2) is 9.98 Å². The lowest BCUT2D eigenvalue weighted by Gasteiger charge is -2.33. The van der Waals surface area contributed by atoms with E-state index in [4.69, 9.17) is 4.99 Å².